The molecule has 0 amide bonds. The summed E-state index contributed by atoms with van der Waals surface area (Å²) >= 11 is 0. The number of carbonyl (C=O) groups is 1. The van der Waals surface area contributed by atoms with Crippen molar-refractivity contribution >= 4 is 5.97 Å². The third-order valence-corrected chi connectivity index (χ3v) is 5.84. The minimum Gasteiger partial charge on any atom is -0.480 e. The second-order valence-electron chi connectivity index (χ2n) is 7.09. The van der Waals surface area contributed by atoms with E-state index in [1.165, 1.54) is 38.5 Å². The minimum absolute atomic E-state index is 0.0886. The molecule has 18 heavy (non-hydrogen) atoms. The Kier molecular flexibility index (Phi) is 2.92. The average Bonchev–Trinajstić information content (AvgIpc) is 2.25. The Balaban J connectivity index is 1.91. The zero-order valence-electron chi connectivity index (χ0n) is 11.6. The third kappa shape index (κ3) is 1.78. The number of aliphatic carboxylic acids is 1. The monoisotopic (exact) mass is 251 g/mol. The van der Waals surface area contributed by atoms with Crippen molar-refractivity contribution in [3.63, 3.8) is 0 Å². The molecule has 1 atom stereocenters. The Labute approximate surface area is 110 Å². The molecule has 0 aromatic heterocycles. The van der Waals surface area contributed by atoms with Gasteiger partial charge in [-0.2, -0.15) is 0 Å². The Morgan fingerprint density at radius 1 is 1.22 bits per heavy atom. The summed E-state index contributed by atoms with van der Waals surface area (Å²) in [5.41, 5.74) is 0.0886. The van der Waals surface area contributed by atoms with Crippen LogP contribution in [-0.2, 0) is 4.79 Å². The molecule has 1 N–H and O–H groups in total. The van der Waals surface area contributed by atoms with Crippen molar-refractivity contribution in [3.05, 3.63) is 0 Å². The summed E-state index contributed by atoms with van der Waals surface area (Å²) in [4.78, 5) is 13.8. The van der Waals surface area contributed by atoms with E-state index in [1.54, 1.807) is 0 Å². The van der Waals surface area contributed by atoms with Crippen LogP contribution in [0.3, 0.4) is 0 Å². The lowest BCUT2D eigenvalue weighted by molar-refractivity contribution is -0.160. The van der Waals surface area contributed by atoms with Crippen LogP contribution in [0.4, 0.5) is 0 Å². The average molecular weight is 251 g/mol. The van der Waals surface area contributed by atoms with Crippen molar-refractivity contribution < 1.29 is 9.90 Å². The van der Waals surface area contributed by atoms with E-state index in [0.29, 0.717) is 0 Å². The van der Waals surface area contributed by atoms with Gasteiger partial charge < -0.3 is 5.11 Å². The van der Waals surface area contributed by atoms with Crippen molar-refractivity contribution in [2.75, 3.05) is 13.6 Å². The Hall–Kier alpha value is -0.570. The van der Waals surface area contributed by atoms with Crippen LogP contribution in [0.15, 0.2) is 0 Å². The van der Waals surface area contributed by atoms with Gasteiger partial charge in [-0.25, -0.2) is 0 Å². The molecule has 0 aliphatic heterocycles. The molecule has 0 heterocycles. The first kappa shape index (κ1) is 12.5. The summed E-state index contributed by atoms with van der Waals surface area (Å²) in [6.07, 6.45) is 7.63. The Morgan fingerprint density at radius 2 is 1.67 bits per heavy atom. The summed E-state index contributed by atoms with van der Waals surface area (Å²) in [6.45, 7) is 2.90. The van der Waals surface area contributed by atoms with Gasteiger partial charge in [0.25, 0.3) is 0 Å². The third-order valence-electron chi connectivity index (χ3n) is 5.84. The first-order valence-electron chi connectivity index (χ1n) is 7.47. The SMILES string of the molecule is CCN(C)C(C(=O)O)C12CC3CC(CC(C3)C1)C2. The van der Waals surface area contributed by atoms with Gasteiger partial charge in [-0.3, -0.25) is 9.69 Å². The Morgan fingerprint density at radius 3 is 2.00 bits per heavy atom. The van der Waals surface area contributed by atoms with Crippen LogP contribution in [0.5, 0.6) is 0 Å². The van der Waals surface area contributed by atoms with E-state index in [2.05, 4.69) is 11.8 Å². The fraction of sp³-hybridized carbons (Fsp3) is 0.933. The normalized spacial score (nSPS) is 43.4. The number of rotatable bonds is 4. The van der Waals surface area contributed by atoms with Crippen LogP contribution < -0.4 is 0 Å². The van der Waals surface area contributed by atoms with E-state index in [-0.39, 0.29) is 11.5 Å². The number of nitrogens with zero attached hydrogens (tertiary/aromatic N) is 1. The van der Waals surface area contributed by atoms with E-state index in [9.17, 15) is 9.90 Å². The van der Waals surface area contributed by atoms with Crippen LogP contribution in [-0.4, -0.2) is 35.6 Å². The van der Waals surface area contributed by atoms with Crippen LogP contribution in [0, 0.1) is 23.2 Å². The second kappa shape index (κ2) is 4.22. The molecule has 3 nitrogen and oxygen atoms in total. The highest BCUT2D eigenvalue weighted by Gasteiger charge is 2.56. The van der Waals surface area contributed by atoms with Gasteiger partial charge in [0.2, 0.25) is 0 Å². The van der Waals surface area contributed by atoms with E-state index in [1.807, 2.05) is 7.05 Å². The molecule has 4 bridgehead atoms. The molecule has 102 valence electrons. The highest BCUT2D eigenvalue weighted by Crippen LogP contribution is 2.61. The molecule has 0 aromatic carbocycles. The lowest BCUT2D eigenvalue weighted by Gasteiger charge is -2.59. The molecule has 0 radical (unpaired) electrons. The fourth-order valence-corrected chi connectivity index (χ4v) is 5.61. The molecule has 0 aromatic rings. The van der Waals surface area contributed by atoms with Crippen LogP contribution >= 0.6 is 0 Å². The predicted octanol–water partition coefficient (Wildman–Crippen LogP) is 2.61. The van der Waals surface area contributed by atoms with Gasteiger partial charge in [-0.05, 0) is 75.3 Å². The minimum atomic E-state index is -0.596. The van der Waals surface area contributed by atoms with Crippen molar-refractivity contribution in [1.29, 1.82) is 0 Å². The fourth-order valence-electron chi connectivity index (χ4n) is 5.61. The molecular formula is C15H25NO2. The number of likely N-dealkylation sites (N-methyl/N-ethyl adjacent to an activating group) is 1. The van der Waals surface area contributed by atoms with Gasteiger partial charge in [0.05, 0.1) is 0 Å². The molecule has 3 heteroatoms. The van der Waals surface area contributed by atoms with Crippen molar-refractivity contribution in [2.45, 2.75) is 51.5 Å². The zero-order valence-corrected chi connectivity index (χ0v) is 11.6. The lowest BCUT2D eigenvalue weighted by Crippen LogP contribution is -2.59. The highest BCUT2D eigenvalue weighted by molar-refractivity contribution is 5.74. The smallest absolute Gasteiger partial charge is 0.321 e. The van der Waals surface area contributed by atoms with Crippen LogP contribution in [0.25, 0.3) is 0 Å². The summed E-state index contributed by atoms with van der Waals surface area (Å²) in [5, 5.41) is 9.69. The molecule has 4 aliphatic rings. The van der Waals surface area contributed by atoms with Crippen molar-refractivity contribution in [1.82, 2.24) is 4.90 Å². The first-order valence-corrected chi connectivity index (χ1v) is 7.47. The second-order valence-corrected chi connectivity index (χ2v) is 7.09. The molecule has 1 unspecified atom stereocenters. The van der Waals surface area contributed by atoms with Gasteiger partial charge in [0, 0.05) is 0 Å². The summed E-state index contributed by atoms with van der Waals surface area (Å²) < 4.78 is 0. The number of carboxylic acids is 1. The van der Waals surface area contributed by atoms with E-state index < -0.39 is 5.97 Å². The van der Waals surface area contributed by atoms with Gasteiger partial charge in [-0.15, -0.1) is 0 Å². The summed E-state index contributed by atoms with van der Waals surface area (Å²) in [7, 11) is 1.98. The van der Waals surface area contributed by atoms with E-state index in [0.717, 1.165) is 24.3 Å². The standard InChI is InChI=1S/C15H25NO2/c1-3-16(2)13(14(17)18)15-7-10-4-11(8-15)6-12(5-10)9-15/h10-13H,3-9H2,1-2H3,(H,17,18). The molecular weight excluding hydrogens is 226 g/mol. The van der Waals surface area contributed by atoms with Crippen molar-refractivity contribution in [2.24, 2.45) is 23.2 Å². The number of hydrogen-bond donors (Lipinski definition) is 1. The zero-order chi connectivity index (χ0) is 12.9. The Bertz CT molecular complexity index is 317. The topological polar surface area (TPSA) is 40.5 Å². The van der Waals surface area contributed by atoms with Crippen LogP contribution in [0.2, 0.25) is 0 Å². The van der Waals surface area contributed by atoms with Gasteiger partial charge in [0.15, 0.2) is 0 Å². The van der Waals surface area contributed by atoms with Crippen LogP contribution in [0.1, 0.15) is 45.4 Å². The van der Waals surface area contributed by atoms with E-state index in [4.69, 9.17) is 0 Å². The first-order chi connectivity index (χ1) is 8.54. The lowest BCUT2D eigenvalue weighted by atomic mass is 9.47. The number of hydrogen-bond acceptors (Lipinski definition) is 2. The highest BCUT2D eigenvalue weighted by atomic mass is 16.4. The molecule has 4 fully saturated rings. The maximum Gasteiger partial charge on any atom is 0.321 e. The van der Waals surface area contributed by atoms with Crippen molar-refractivity contribution in [3.8, 4) is 0 Å². The largest absolute Gasteiger partial charge is 0.480 e. The molecule has 0 spiro atoms. The summed E-state index contributed by atoms with van der Waals surface area (Å²) in [6, 6.07) is -0.254. The molecule has 4 aliphatic carbocycles. The van der Waals surface area contributed by atoms with E-state index >= 15 is 0 Å². The van der Waals surface area contributed by atoms with Gasteiger partial charge >= 0.3 is 5.97 Å². The van der Waals surface area contributed by atoms with Gasteiger partial charge in [-0.1, -0.05) is 6.92 Å². The maximum atomic E-state index is 11.8. The molecule has 0 saturated heterocycles. The molecule has 4 saturated carbocycles. The number of carboxylic acid groups (broad SMARTS) is 1. The van der Waals surface area contributed by atoms with Gasteiger partial charge in [0.1, 0.15) is 6.04 Å². The quantitative estimate of drug-likeness (QED) is 0.835. The predicted molar refractivity (Wildman–Crippen MR) is 70.3 cm³/mol. The summed E-state index contributed by atoms with van der Waals surface area (Å²) in [5.74, 6) is 1.87. The molecule has 4 rings (SSSR count). The maximum absolute atomic E-state index is 11.8.